The largest absolute Gasteiger partial charge is 0.465 e. The number of esters is 1. The zero-order valence-corrected chi connectivity index (χ0v) is 19.2. The number of nitrogens with zero attached hydrogens (tertiary/aromatic N) is 4. The molecular weight excluding hydrogens is 464 g/mol. The van der Waals surface area contributed by atoms with Gasteiger partial charge in [-0.1, -0.05) is 29.2 Å². The fourth-order valence-corrected chi connectivity index (χ4v) is 4.54. The number of amides is 2. The van der Waals surface area contributed by atoms with E-state index in [1.807, 2.05) is 19.1 Å². The van der Waals surface area contributed by atoms with Crippen molar-refractivity contribution in [3.05, 3.63) is 75.8 Å². The van der Waals surface area contributed by atoms with E-state index in [4.69, 9.17) is 0 Å². The summed E-state index contributed by atoms with van der Waals surface area (Å²) in [7, 11) is 1.30. The molecule has 3 heterocycles. The van der Waals surface area contributed by atoms with Crippen LogP contribution in [-0.4, -0.2) is 38.7 Å². The van der Waals surface area contributed by atoms with Crippen molar-refractivity contribution in [3.63, 3.8) is 0 Å². The number of nitrogens with one attached hydrogen (secondary N) is 2. The second kappa shape index (κ2) is 9.79. The number of thioether (sulfide) groups is 1. The molecule has 1 aromatic carbocycles. The molecular formula is C21H18N6O4S2. The lowest BCUT2D eigenvalue weighted by Crippen LogP contribution is -2.19. The summed E-state index contributed by atoms with van der Waals surface area (Å²) in [5, 5.41) is 13.6. The standard InChI is InChI=1S/C21H18N6O4S2/c1-12-4-3-9-27-16(28)10-15(22-17(12)27)11-32-21-26-25-20(33-21)24-19(30)23-14-7-5-13(6-8-14)18(29)31-2/h3-10H,11H2,1-2H3,(H2,23,24,25,30). The second-order valence-corrected chi connectivity index (χ2v) is 8.98. The molecule has 0 aliphatic rings. The van der Waals surface area contributed by atoms with Crippen molar-refractivity contribution in [3.8, 4) is 0 Å². The number of ether oxygens (including phenoxy) is 1. The zero-order valence-electron chi connectivity index (χ0n) is 17.6. The Hall–Kier alpha value is -3.77. The summed E-state index contributed by atoms with van der Waals surface area (Å²) in [5.41, 5.74) is 2.91. The first-order valence-corrected chi connectivity index (χ1v) is 11.4. The minimum atomic E-state index is -0.492. The molecule has 0 saturated carbocycles. The molecule has 10 nitrogen and oxygen atoms in total. The summed E-state index contributed by atoms with van der Waals surface area (Å²) in [6.07, 6.45) is 1.69. The highest BCUT2D eigenvalue weighted by atomic mass is 32.2. The molecule has 0 fully saturated rings. The highest BCUT2D eigenvalue weighted by Gasteiger charge is 2.11. The van der Waals surface area contributed by atoms with Gasteiger partial charge in [0.15, 0.2) is 4.34 Å². The van der Waals surface area contributed by atoms with Crippen LogP contribution in [0.1, 0.15) is 21.6 Å². The topological polar surface area (TPSA) is 128 Å². The van der Waals surface area contributed by atoms with Crippen LogP contribution in [0.15, 0.2) is 57.8 Å². The van der Waals surface area contributed by atoms with Gasteiger partial charge in [-0.3, -0.25) is 14.5 Å². The lowest BCUT2D eigenvalue weighted by Gasteiger charge is -2.06. The molecule has 12 heteroatoms. The Balaban J connectivity index is 1.35. The van der Waals surface area contributed by atoms with E-state index in [1.54, 1.807) is 30.5 Å². The van der Waals surface area contributed by atoms with Crippen molar-refractivity contribution < 1.29 is 14.3 Å². The van der Waals surface area contributed by atoms with Crippen molar-refractivity contribution in [2.45, 2.75) is 17.0 Å². The highest BCUT2D eigenvalue weighted by Crippen LogP contribution is 2.28. The minimum absolute atomic E-state index is 0.143. The van der Waals surface area contributed by atoms with E-state index in [0.29, 0.717) is 37.8 Å². The van der Waals surface area contributed by atoms with Gasteiger partial charge in [0.25, 0.3) is 5.56 Å². The number of hydrogen-bond acceptors (Lipinski definition) is 9. The van der Waals surface area contributed by atoms with Crippen LogP contribution in [0.5, 0.6) is 0 Å². The first-order valence-electron chi connectivity index (χ1n) is 9.63. The molecule has 4 aromatic rings. The number of urea groups is 1. The van der Waals surface area contributed by atoms with E-state index >= 15 is 0 Å². The van der Waals surface area contributed by atoms with Crippen LogP contribution in [0.25, 0.3) is 5.65 Å². The molecule has 33 heavy (non-hydrogen) atoms. The van der Waals surface area contributed by atoms with Crippen molar-refractivity contribution >= 4 is 51.6 Å². The number of methoxy groups -OCH3 is 1. The Labute approximate surface area is 196 Å². The monoisotopic (exact) mass is 482 g/mol. The second-order valence-electron chi connectivity index (χ2n) is 6.78. The number of aromatic nitrogens is 4. The number of carbonyl (C=O) groups excluding carboxylic acids is 2. The Morgan fingerprint density at radius 2 is 1.94 bits per heavy atom. The van der Waals surface area contributed by atoms with Crippen LogP contribution < -0.4 is 16.2 Å². The van der Waals surface area contributed by atoms with Crippen molar-refractivity contribution in [2.24, 2.45) is 0 Å². The normalized spacial score (nSPS) is 10.7. The number of rotatable bonds is 6. The maximum Gasteiger partial charge on any atom is 0.337 e. The average molecular weight is 483 g/mol. The number of carbonyl (C=O) groups is 2. The summed E-state index contributed by atoms with van der Waals surface area (Å²) in [4.78, 5) is 40.6. The van der Waals surface area contributed by atoms with Crippen molar-refractivity contribution in [1.29, 1.82) is 0 Å². The summed E-state index contributed by atoms with van der Waals surface area (Å²) in [6.45, 7) is 1.90. The third-order valence-electron chi connectivity index (χ3n) is 4.47. The number of pyridine rings is 1. The molecule has 0 radical (unpaired) electrons. The molecule has 0 unspecified atom stereocenters. The molecule has 2 N–H and O–H groups in total. The van der Waals surface area contributed by atoms with Crippen molar-refractivity contribution in [1.82, 2.24) is 19.6 Å². The van der Waals surface area contributed by atoms with Gasteiger partial charge in [0.2, 0.25) is 5.13 Å². The lowest BCUT2D eigenvalue weighted by molar-refractivity contribution is 0.0600. The predicted molar refractivity (Wildman–Crippen MR) is 126 cm³/mol. The molecule has 0 aliphatic heterocycles. The van der Waals surface area contributed by atoms with E-state index < -0.39 is 12.0 Å². The molecule has 0 spiro atoms. The molecule has 0 saturated heterocycles. The van der Waals surface area contributed by atoms with Gasteiger partial charge in [0, 0.05) is 23.7 Å². The molecule has 168 valence electrons. The Kier molecular flexibility index (Phi) is 6.66. The number of aryl methyl sites for hydroxylation is 1. The van der Waals surface area contributed by atoms with Crippen LogP contribution in [0, 0.1) is 6.92 Å². The van der Waals surface area contributed by atoms with Crippen LogP contribution in [-0.2, 0) is 10.5 Å². The van der Waals surface area contributed by atoms with Gasteiger partial charge >= 0.3 is 12.0 Å². The van der Waals surface area contributed by atoms with E-state index in [-0.39, 0.29) is 5.56 Å². The van der Waals surface area contributed by atoms with Gasteiger partial charge in [-0.25, -0.2) is 14.6 Å². The number of fused-ring (bicyclic) bond motifs is 1. The number of hydrogen-bond donors (Lipinski definition) is 2. The third kappa shape index (κ3) is 5.35. The number of benzene rings is 1. The number of anilines is 2. The third-order valence-corrected chi connectivity index (χ3v) is 6.48. The van der Waals surface area contributed by atoms with Gasteiger partial charge in [-0.05, 0) is 42.8 Å². The minimum Gasteiger partial charge on any atom is -0.465 e. The van der Waals surface area contributed by atoms with Crippen molar-refractivity contribution in [2.75, 3.05) is 17.7 Å². The van der Waals surface area contributed by atoms with Crippen LogP contribution in [0.4, 0.5) is 15.6 Å². The zero-order chi connectivity index (χ0) is 23.4. The highest BCUT2D eigenvalue weighted by molar-refractivity contribution is 8.00. The molecule has 0 bridgehead atoms. The maximum absolute atomic E-state index is 12.3. The van der Waals surface area contributed by atoms with Crippen LogP contribution >= 0.6 is 23.1 Å². The SMILES string of the molecule is COC(=O)c1ccc(NC(=O)Nc2nnc(SCc3cc(=O)n4cccc(C)c4n3)s2)cc1. The van der Waals surface area contributed by atoms with E-state index in [2.05, 4.69) is 30.6 Å². The molecule has 0 atom stereocenters. The first-order chi connectivity index (χ1) is 15.9. The quantitative estimate of drug-likeness (QED) is 0.243. The fourth-order valence-electron chi connectivity index (χ4n) is 2.90. The Morgan fingerprint density at radius 1 is 1.15 bits per heavy atom. The molecule has 2 amide bonds. The van der Waals surface area contributed by atoms with Gasteiger partial charge in [-0.15, -0.1) is 10.2 Å². The van der Waals surface area contributed by atoms with E-state index in [0.717, 1.165) is 5.56 Å². The van der Waals surface area contributed by atoms with Gasteiger partial charge < -0.3 is 10.1 Å². The Bertz CT molecular complexity index is 1380. The molecule has 0 aliphatic carbocycles. The van der Waals surface area contributed by atoms with Crippen LogP contribution in [0.2, 0.25) is 0 Å². The van der Waals surface area contributed by atoms with Crippen LogP contribution in [0.3, 0.4) is 0 Å². The lowest BCUT2D eigenvalue weighted by atomic mass is 10.2. The predicted octanol–water partition coefficient (Wildman–Crippen LogP) is 3.58. The summed E-state index contributed by atoms with van der Waals surface area (Å²) >= 11 is 2.58. The molecule has 4 rings (SSSR count). The summed E-state index contributed by atoms with van der Waals surface area (Å²) in [5.74, 6) is -0.0166. The van der Waals surface area contributed by atoms with Gasteiger partial charge in [-0.2, -0.15) is 0 Å². The molecule has 3 aromatic heterocycles. The Morgan fingerprint density at radius 3 is 2.70 bits per heavy atom. The summed E-state index contributed by atoms with van der Waals surface area (Å²) < 4.78 is 6.78. The maximum atomic E-state index is 12.3. The van der Waals surface area contributed by atoms with E-state index in [9.17, 15) is 14.4 Å². The fraction of sp³-hybridized carbons (Fsp3) is 0.143. The van der Waals surface area contributed by atoms with Gasteiger partial charge in [0.1, 0.15) is 5.65 Å². The smallest absolute Gasteiger partial charge is 0.337 e. The summed E-state index contributed by atoms with van der Waals surface area (Å²) in [6, 6.07) is 11.0. The first kappa shape index (κ1) is 22.4. The van der Waals surface area contributed by atoms with E-state index in [1.165, 1.54) is 40.7 Å². The average Bonchev–Trinajstić information content (AvgIpc) is 3.25. The van der Waals surface area contributed by atoms with Gasteiger partial charge in [0.05, 0.1) is 18.4 Å².